The van der Waals surface area contributed by atoms with Crippen molar-refractivity contribution in [2.45, 2.75) is 136 Å². The highest BCUT2D eigenvalue weighted by Crippen LogP contribution is 2.36. The fourth-order valence-corrected chi connectivity index (χ4v) is 5.69. The van der Waals surface area contributed by atoms with Gasteiger partial charge in [0, 0.05) is 12.8 Å². The third-order valence-electron chi connectivity index (χ3n) is 7.40. The van der Waals surface area contributed by atoms with E-state index in [2.05, 4.69) is 13.8 Å². The first-order valence-electron chi connectivity index (χ1n) is 13.4. The van der Waals surface area contributed by atoms with Crippen LogP contribution in [-0.2, 0) is 9.59 Å². The second-order valence-corrected chi connectivity index (χ2v) is 10.3. The van der Waals surface area contributed by atoms with E-state index in [4.69, 9.17) is 10.2 Å². The van der Waals surface area contributed by atoms with Crippen LogP contribution in [0.1, 0.15) is 136 Å². The Morgan fingerprint density at radius 1 is 0.613 bits per heavy atom. The van der Waals surface area contributed by atoms with Gasteiger partial charge < -0.3 is 10.2 Å². The summed E-state index contributed by atoms with van der Waals surface area (Å²) in [6.07, 6.45) is 22.6. The number of carboxylic acid groups (broad SMARTS) is 2. The molecule has 0 amide bonds. The first-order chi connectivity index (χ1) is 14.9. The number of carboxylic acids is 2. The Hall–Kier alpha value is -1.06. The first-order valence-corrected chi connectivity index (χ1v) is 13.4. The fourth-order valence-electron chi connectivity index (χ4n) is 5.69. The average molecular weight is 439 g/mol. The topological polar surface area (TPSA) is 74.6 Å². The molecule has 2 fully saturated rings. The summed E-state index contributed by atoms with van der Waals surface area (Å²) >= 11 is 0. The molecule has 4 heteroatoms. The predicted octanol–water partition coefficient (Wildman–Crippen LogP) is 8.09. The second-order valence-electron chi connectivity index (χ2n) is 10.3. The van der Waals surface area contributed by atoms with E-state index < -0.39 is 11.9 Å². The first kappa shape index (κ1) is 28.0. The van der Waals surface area contributed by atoms with Gasteiger partial charge in [0.2, 0.25) is 0 Å². The van der Waals surface area contributed by atoms with Crippen LogP contribution in [0.5, 0.6) is 0 Å². The van der Waals surface area contributed by atoms with E-state index in [-0.39, 0.29) is 0 Å². The predicted molar refractivity (Wildman–Crippen MR) is 128 cm³/mol. The van der Waals surface area contributed by atoms with Crippen molar-refractivity contribution in [1.82, 2.24) is 0 Å². The molecule has 2 saturated carbocycles. The summed E-state index contributed by atoms with van der Waals surface area (Å²) in [5.41, 5.74) is 0. The maximum atomic E-state index is 10.7. The Labute approximate surface area is 191 Å². The number of aliphatic carboxylic acids is 2. The number of unbranched alkanes of at least 4 members (excludes halogenated alkanes) is 6. The number of hydrogen-bond donors (Lipinski definition) is 2. The van der Waals surface area contributed by atoms with Crippen molar-refractivity contribution in [2.24, 2.45) is 23.7 Å². The van der Waals surface area contributed by atoms with Crippen molar-refractivity contribution < 1.29 is 19.8 Å². The van der Waals surface area contributed by atoms with E-state index in [0.29, 0.717) is 24.7 Å². The van der Waals surface area contributed by atoms with Gasteiger partial charge in [-0.05, 0) is 49.4 Å². The van der Waals surface area contributed by atoms with Gasteiger partial charge in [-0.3, -0.25) is 9.59 Å². The molecular weight excluding hydrogens is 388 g/mol. The summed E-state index contributed by atoms with van der Waals surface area (Å²) in [5.74, 6) is 1.34. The van der Waals surface area contributed by atoms with Crippen molar-refractivity contribution in [1.29, 1.82) is 0 Å². The summed E-state index contributed by atoms with van der Waals surface area (Å²) < 4.78 is 0. The van der Waals surface area contributed by atoms with Gasteiger partial charge in [-0.1, -0.05) is 97.3 Å². The van der Waals surface area contributed by atoms with Crippen LogP contribution in [-0.4, -0.2) is 22.2 Å². The van der Waals surface area contributed by atoms with Crippen LogP contribution in [0.3, 0.4) is 0 Å². The maximum Gasteiger partial charge on any atom is 0.303 e. The monoisotopic (exact) mass is 438 g/mol. The molecule has 4 unspecified atom stereocenters. The minimum Gasteiger partial charge on any atom is -0.481 e. The molecule has 0 saturated heterocycles. The molecule has 0 radical (unpaired) electrons. The molecule has 2 aliphatic rings. The minimum atomic E-state index is -0.619. The average Bonchev–Trinajstić information content (AvgIpc) is 3.15. The smallest absolute Gasteiger partial charge is 0.303 e. The highest BCUT2D eigenvalue weighted by molar-refractivity contribution is 5.67. The van der Waals surface area contributed by atoms with Crippen LogP contribution < -0.4 is 0 Å². The third-order valence-corrected chi connectivity index (χ3v) is 7.40. The lowest BCUT2D eigenvalue weighted by Gasteiger charge is -2.28. The van der Waals surface area contributed by atoms with Crippen molar-refractivity contribution in [3.8, 4) is 0 Å². The van der Waals surface area contributed by atoms with Gasteiger partial charge in [-0.15, -0.1) is 0 Å². The van der Waals surface area contributed by atoms with Gasteiger partial charge in [-0.25, -0.2) is 0 Å². The molecule has 0 aromatic carbocycles. The number of rotatable bonds is 14. The molecule has 0 aromatic heterocycles. The van der Waals surface area contributed by atoms with E-state index in [1.165, 1.54) is 96.3 Å². The molecular formula is C27H50O4. The quantitative estimate of drug-likeness (QED) is 0.269. The molecule has 0 aliphatic heterocycles. The molecule has 0 bridgehead atoms. The van der Waals surface area contributed by atoms with Gasteiger partial charge in [0.25, 0.3) is 0 Å². The second kappa shape index (κ2) is 17.5. The van der Waals surface area contributed by atoms with E-state index >= 15 is 0 Å². The molecule has 31 heavy (non-hydrogen) atoms. The van der Waals surface area contributed by atoms with Crippen LogP contribution in [0.25, 0.3) is 0 Å². The molecule has 0 spiro atoms. The largest absolute Gasteiger partial charge is 0.481 e. The number of hydrogen-bond acceptors (Lipinski definition) is 2. The van der Waals surface area contributed by atoms with Gasteiger partial charge in [-0.2, -0.15) is 0 Å². The summed E-state index contributed by atoms with van der Waals surface area (Å²) in [5, 5.41) is 17.5. The van der Waals surface area contributed by atoms with Crippen LogP contribution in [0, 0.1) is 23.7 Å². The van der Waals surface area contributed by atoms with Gasteiger partial charge >= 0.3 is 11.9 Å². The van der Waals surface area contributed by atoms with Crippen LogP contribution in [0.15, 0.2) is 0 Å². The lowest BCUT2D eigenvalue weighted by molar-refractivity contribution is -0.139. The van der Waals surface area contributed by atoms with Crippen LogP contribution in [0.4, 0.5) is 0 Å². The van der Waals surface area contributed by atoms with E-state index in [1.807, 2.05) is 0 Å². The molecule has 2 rings (SSSR count). The molecule has 0 aromatic rings. The highest BCUT2D eigenvalue weighted by atomic mass is 16.4. The van der Waals surface area contributed by atoms with E-state index in [1.54, 1.807) is 0 Å². The molecule has 182 valence electrons. The van der Waals surface area contributed by atoms with Gasteiger partial charge in [0.15, 0.2) is 0 Å². The van der Waals surface area contributed by atoms with Crippen molar-refractivity contribution in [3.63, 3.8) is 0 Å². The zero-order chi connectivity index (χ0) is 22.9. The summed E-state index contributed by atoms with van der Waals surface area (Å²) in [7, 11) is 0. The summed E-state index contributed by atoms with van der Waals surface area (Å²) in [6.45, 7) is 4.47. The summed E-state index contributed by atoms with van der Waals surface area (Å²) in [6, 6.07) is 0. The Kier molecular flexibility index (Phi) is 15.8. The Morgan fingerprint density at radius 3 is 1.52 bits per heavy atom. The Bertz CT molecular complexity index is 476. The third kappa shape index (κ3) is 14.6. The minimum absolute atomic E-state index is 0.394. The lowest BCUT2D eigenvalue weighted by Crippen LogP contribution is -2.18. The van der Waals surface area contributed by atoms with E-state index in [0.717, 1.165) is 24.7 Å². The maximum absolute atomic E-state index is 10.7. The normalized spacial score (nSPS) is 25.6. The lowest BCUT2D eigenvalue weighted by atomic mass is 9.78. The highest BCUT2D eigenvalue weighted by Gasteiger charge is 2.26. The molecule has 2 N–H and O–H groups in total. The molecule has 2 aliphatic carbocycles. The van der Waals surface area contributed by atoms with E-state index in [9.17, 15) is 9.59 Å². The zero-order valence-corrected chi connectivity index (χ0v) is 20.5. The van der Waals surface area contributed by atoms with Crippen molar-refractivity contribution >= 4 is 11.9 Å². The molecule has 4 atom stereocenters. The van der Waals surface area contributed by atoms with Crippen molar-refractivity contribution in [2.75, 3.05) is 0 Å². The fraction of sp³-hybridized carbons (Fsp3) is 0.926. The van der Waals surface area contributed by atoms with Crippen molar-refractivity contribution in [3.05, 3.63) is 0 Å². The summed E-state index contributed by atoms with van der Waals surface area (Å²) in [4.78, 5) is 21.2. The Balaban J connectivity index is 0.000000311. The van der Waals surface area contributed by atoms with Crippen LogP contribution in [0.2, 0.25) is 0 Å². The zero-order valence-electron chi connectivity index (χ0n) is 20.5. The van der Waals surface area contributed by atoms with Crippen LogP contribution >= 0.6 is 0 Å². The molecule has 0 heterocycles. The SMILES string of the molecule is CCCCCCC1CCC(CC(=O)O)C1.CCCCCCC1CCCC(CC(=O)O)C1. The Morgan fingerprint density at radius 2 is 1.03 bits per heavy atom. The number of carbonyl (C=O) groups is 2. The standard InChI is InChI=1S/C14H26O2.C13H24O2/c1-2-3-4-5-7-12-8-6-9-13(10-12)11-14(15)16;1-2-3-4-5-6-11-7-8-12(9-11)10-13(14)15/h12-13H,2-11H2,1H3,(H,15,16);11-12H,2-10H2,1H3,(H,14,15). The molecule has 4 nitrogen and oxygen atoms in total. The van der Waals surface area contributed by atoms with Gasteiger partial charge in [0.05, 0.1) is 0 Å². The van der Waals surface area contributed by atoms with Gasteiger partial charge in [0.1, 0.15) is 0 Å².